The molecule has 354 valence electrons. The van der Waals surface area contributed by atoms with Gasteiger partial charge in [0.1, 0.15) is 6.04 Å². The predicted octanol–water partition coefficient (Wildman–Crippen LogP) is 1.88. The zero-order valence-electron chi connectivity index (χ0n) is 38.5. The molecule has 3 unspecified atom stereocenters. The van der Waals surface area contributed by atoms with Crippen LogP contribution in [-0.4, -0.2) is 157 Å². The van der Waals surface area contributed by atoms with Crippen LogP contribution < -0.4 is 26.2 Å². The van der Waals surface area contributed by atoms with Crippen molar-refractivity contribution < 1.29 is 33.5 Å². The van der Waals surface area contributed by atoms with E-state index in [-0.39, 0.29) is 60.4 Å². The zero-order chi connectivity index (χ0) is 47.5. The number of nitrogens with one attached hydrogen (secondary N) is 4. The average Bonchev–Trinajstić information content (AvgIpc) is 3.94. The number of hydrogen-bond acceptors (Lipinski definition) is 15. The van der Waals surface area contributed by atoms with Crippen LogP contribution in [0, 0.1) is 24.7 Å². The number of hydrazone groups is 1. The summed E-state index contributed by atoms with van der Waals surface area (Å²) in [4.78, 5) is 94.1. The number of guanidine groups is 1. The minimum Gasteiger partial charge on any atom is -0.356 e. The number of fused-ring (bicyclic) bond motifs is 8. The molecular weight excluding hydrogens is 869 g/mol. The highest BCUT2D eigenvalue weighted by Crippen LogP contribution is 2.36. The van der Waals surface area contributed by atoms with Crippen molar-refractivity contribution in [2.75, 3.05) is 82.8 Å². The number of likely N-dealkylation sites (N-methyl/N-ethyl adjacent to an activating group) is 1. The van der Waals surface area contributed by atoms with Crippen LogP contribution in [0.5, 0.6) is 0 Å². The molecule has 68 heavy (non-hydrogen) atoms. The summed E-state index contributed by atoms with van der Waals surface area (Å²) in [5, 5.41) is 18.3. The molecule has 19 heteroatoms. The lowest BCUT2D eigenvalue weighted by molar-refractivity contribution is -0.136. The molecule has 0 aliphatic carbocycles. The molecule has 6 aliphatic rings. The fourth-order valence-corrected chi connectivity index (χ4v) is 9.56. The van der Waals surface area contributed by atoms with Crippen molar-refractivity contribution in [2.45, 2.75) is 64.3 Å². The van der Waals surface area contributed by atoms with E-state index in [1.165, 1.54) is 6.07 Å². The molecule has 2 aromatic carbocycles. The minimum absolute atomic E-state index is 0.0398. The molecule has 0 spiro atoms. The predicted molar refractivity (Wildman–Crippen MR) is 253 cm³/mol. The van der Waals surface area contributed by atoms with Crippen molar-refractivity contribution in [3.63, 3.8) is 0 Å². The van der Waals surface area contributed by atoms with Crippen LogP contribution in [-0.2, 0) is 25.7 Å². The van der Waals surface area contributed by atoms with E-state index in [1.54, 1.807) is 24.3 Å². The van der Waals surface area contributed by atoms with Gasteiger partial charge in [0.05, 0.1) is 47.2 Å². The summed E-state index contributed by atoms with van der Waals surface area (Å²) in [7, 11) is 1.89. The number of carbonyl (C=O) groups excluding carboxylic acids is 6. The van der Waals surface area contributed by atoms with Gasteiger partial charge >= 0.3 is 0 Å². The van der Waals surface area contributed by atoms with Crippen molar-refractivity contribution in [3.05, 3.63) is 87.7 Å². The first-order valence-corrected chi connectivity index (χ1v) is 23.3. The summed E-state index contributed by atoms with van der Waals surface area (Å²) in [6.07, 6.45) is 3.47. The van der Waals surface area contributed by atoms with Crippen molar-refractivity contribution >= 4 is 59.0 Å². The van der Waals surface area contributed by atoms with Gasteiger partial charge in [-0.1, -0.05) is 30.9 Å². The summed E-state index contributed by atoms with van der Waals surface area (Å²) < 4.78 is 6.35. The largest absolute Gasteiger partial charge is 0.356 e. The Hall–Kier alpha value is -6.85. The Kier molecular flexibility index (Phi) is 13.7. The first-order valence-electron chi connectivity index (χ1n) is 23.3. The number of anilines is 2. The van der Waals surface area contributed by atoms with Crippen LogP contribution in [0.1, 0.15) is 92.1 Å². The number of benzene rings is 2. The number of pyridine rings is 1. The summed E-state index contributed by atoms with van der Waals surface area (Å²) in [6.45, 7) is 10.4. The quantitative estimate of drug-likeness (QED) is 0.137. The van der Waals surface area contributed by atoms with Crippen LogP contribution in [0.3, 0.4) is 0 Å². The molecule has 2 bridgehead atoms. The van der Waals surface area contributed by atoms with Crippen LogP contribution in [0.2, 0.25) is 0 Å². The summed E-state index contributed by atoms with van der Waals surface area (Å²) >= 11 is 0. The Labute approximate surface area is 394 Å². The summed E-state index contributed by atoms with van der Waals surface area (Å²) in [5.74, 6) is 4.00. The lowest BCUT2D eigenvalue weighted by atomic mass is 10.0. The van der Waals surface area contributed by atoms with Crippen LogP contribution >= 0.6 is 0 Å². The van der Waals surface area contributed by atoms with Gasteiger partial charge in [-0.05, 0) is 74.1 Å². The Morgan fingerprint density at radius 1 is 0.956 bits per heavy atom. The van der Waals surface area contributed by atoms with Gasteiger partial charge in [-0.2, -0.15) is 10.1 Å². The van der Waals surface area contributed by atoms with Gasteiger partial charge in [0, 0.05) is 95.5 Å². The van der Waals surface area contributed by atoms with Crippen molar-refractivity contribution in [2.24, 2.45) is 16.0 Å². The number of nitrogens with zero attached hydrogens (tertiary/aromatic N) is 8. The highest BCUT2D eigenvalue weighted by Gasteiger charge is 2.45. The first kappa shape index (κ1) is 46.3. The van der Waals surface area contributed by atoms with Gasteiger partial charge in [-0.25, -0.2) is 0 Å². The van der Waals surface area contributed by atoms with Crippen molar-refractivity contribution in [1.82, 2.24) is 40.6 Å². The number of imide groups is 2. The highest BCUT2D eigenvalue weighted by molar-refractivity contribution is 6.24. The van der Waals surface area contributed by atoms with Crippen molar-refractivity contribution in [3.8, 4) is 11.8 Å². The van der Waals surface area contributed by atoms with E-state index >= 15 is 0 Å². The highest BCUT2D eigenvalue weighted by atomic mass is 16.5. The number of rotatable bonds is 9. The van der Waals surface area contributed by atoms with E-state index in [2.05, 4.69) is 78.1 Å². The maximum Gasteiger partial charge on any atom is 0.280 e. The second-order valence-electron chi connectivity index (χ2n) is 18.1. The maximum atomic E-state index is 13.8. The van der Waals surface area contributed by atoms with Gasteiger partial charge in [0.25, 0.3) is 17.7 Å². The Bertz CT molecular complexity index is 2650. The molecule has 3 aromatic rings. The van der Waals surface area contributed by atoms with Gasteiger partial charge < -0.3 is 30.5 Å². The maximum absolute atomic E-state index is 13.8. The topological polar surface area (TPSA) is 214 Å². The third kappa shape index (κ3) is 9.90. The first-order chi connectivity index (χ1) is 32.9. The molecule has 2 saturated heterocycles. The van der Waals surface area contributed by atoms with E-state index in [0.717, 1.165) is 65.7 Å². The smallest absolute Gasteiger partial charge is 0.280 e. The van der Waals surface area contributed by atoms with Gasteiger partial charge in [-0.3, -0.25) is 53.9 Å². The molecule has 0 radical (unpaired) electrons. The molecule has 4 N–H and O–H groups in total. The van der Waals surface area contributed by atoms with Crippen LogP contribution in [0.4, 0.5) is 11.4 Å². The lowest BCUT2D eigenvalue weighted by Crippen LogP contribution is -2.54. The molecule has 2 fully saturated rings. The lowest BCUT2D eigenvalue weighted by Gasteiger charge is -2.35. The average molecular weight is 925 g/mol. The van der Waals surface area contributed by atoms with E-state index in [1.807, 2.05) is 30.1 Å². The molecule has 19 nitrogen and oxygen atoms in total. The number of amides is 6. The molecule has 6 aliphatic heterocycles. The molecule has 4 atom stereocenters. The number of aryl methyl sites for hydroxylation is 1. The Balaban J connectivity index is 0.737. The molecular formula is C49H56N12O7. The number of piperazine rings is 1. The van der Waals surface area contributed by atoms with Gasteiger partial charge in [-0.15, -0.1) is 0 Å². The van der Waals surface area contributed by atoms with E-state index in [0.29, 0.717) is 63.0 Å². The fraction of sp³-hybridized carbons (Fsp3) is 0.449. The van der Waals surface area contributed by atoms with Gasteiger partial charge in [0.2, 0.25) is 23.7 Å². The summed E-state index contributed by atoms with van der Waals surface area (Å²) in [6, 6.07) is 13.7. The van der Waals surface area contributed by atoms with Crippen LogP contribution in [0.25, 0.3) is 0 Å². The van der Waals surface area contributed by atoms with E-state index in [4.69, 9.17) is 9.72 Å². The number of ether oxygens (including phenoxy) is 1. The number of aliphatic imine (C=N–C) groups is 1. The Morgan fingerprint density at radius 3 is 2.60 bits per heavy atom. The number of carbonyl (C=O) groups is 6. The number of aromatic nitrogens is 1. The standard InChI is InChI=1S/C49H56N12O7/c1-30-7-6-22-68-48-36(26-52-57(48)3)38-25-34(23-31(2)53-38)44(64)56-49-54-37-12-11-32(24-40(37)60(49)28-30)29-58-18-20-59(21-19-58)42(63)27-51-17-16-50-15-5-9-33-8-4-10-35-43(33)47(67)61(46(35)66)39-13-14-41(62)55-45(39)65/h4,8,10-12,23-26,30,36,39,48,50-51H,6-7,13-22,27-29H2,1-3H3,(H,54,56,64)(H,55,62,65)/t30-,36?,39?,48?/m1/s1. The molecule has 1 aromatic heterocycles. The molecule has 7 heterocycles. The second-order valence-corrected chi connectivity index (χ2v) is 18.1. The monoisotopic (exact) mass is 924 g/mol. The molecule has 6 amide bonds. The van der Waals surface area contributed by atoms with Gasteiger partial charge in [0.15, 0.2) is 6.23 Å². The van der Waals surface area contributed by atoms with Crippen molar-refractivity contribution in [1.29, 1.82) is 0 Å². The SMILES string of the molecule is Cc1cc2cc(n1)C1C=NN(C)C1OCCC[C@@H](C)CN1/C(=N/C2=O)Nc2ccc(CN3CCN(C(=O)CNCCNCC#Cc4cccc5c4C(=O)N(C4CCC(=O)NC4=O)C5=O)CC3)cc21. The Morgan fingerprint density at radius 2 is 1.78 bits per heavy atom. The molecule has 9 rings (SSSR count). The molecule has 0 saturated carbocycles. The van der Waals surface area contributed by atoms with E-state index in [9.17, 15) is 28.8 Å². The third-order valence-corrected chi connectivity index (χ3v) is 13.1. The zero-order valence-corrected chi connectivity index (χ0v) is 38.5. The third-order valence-electron chi connectivity index (χ3n) is 13.1. The summed E-state index contributed by atoms with van der Waals surface area (Å²) in [5.41, 5.74) is 5.67. The second kappa shape index (κ2) is 20.2. The number of piperidine rings is 1. The minimum atomic E-state index is -1.04. The van der Waals surface area contributed by atoms with Crippen LogP contribution in [0.15, 0.2) is 58.6 Å². The number of hydrogen-bond donors (Lipinski definition) is 4. The normalized spacial score (nSPS) is 23.6. The fourth-order valence-electron chi connectivity index (χ4n) is 9.56. The van der Waals surface area contributed by atoms with E-state index < -0.39 is 29.7 Å².